The molecule has 1 aliphatic carbocycles. The Morgan fingerprint density at radius 3 is 2.86 bits per heavy atom. The van der Waals surface area contributed by atoms with Crippen LogP contribution in [-0.2, 0) is 11.3 Å². The van der Waals surface area contributed by atoms with Crippen molar-refractivity contribution in [2.24, 2.45) is 0 Å². The van der Waals surface area contributed by atoms with Gasteiger partial charge in [-0.1, -0.05) is 56.1 Å². The standard InChI is InChI=1S/C22H27N3O2S2/c1-2-28-22-24-19-16-11-6-7-12-17(16)29-20(19)21(27)25(22)14-8-13-18(26)23-15-9-4-3-5-10-15/h6-7,11-12,15H,2-5,8-10,13-14H2,1H3,(H,23,26). The lowest BCUT2D eigenvalue weighted by Crippen LogP contribution is -2.36. The molecule has 0 spiro atoms. The predicted molar refractivity (Wildman–Crippen MR) is 122 cm³/mol. The number of hydrogen-bond acceptors (Lipinski definition) is 5. The van der Waals surface area contributed by atoms with Gasteiger partial charge in [0.05, 0.1) is 5.52 Å². The summed E-state index contributed by atoms with van der Waals surface area (Å²) in [5.41, 5.74) is 0.817. The Labute approximate surface area is 178 Å². The molecule has 0 bridgehead atoms. The first-order chi connectivity index (χ1) is 14.2. The quantitative estimate of drug-likeness (QED) is 0.426. The van der Waals surface area contributed by atoms with Crippen LogP contribution in [0.1, 0.15) is 51.9 Å². The average molecular weight is 430 g/mol. The van der Waals surface area contributed by atoms with Crippen LogP contribution in [0.3, 0.4) is 0 Å². The molecule has 0 aliphatic heterocycles. The van der Waals surface area contributed by atoms with Crippen LogP contribution in [0.5, 0.6) is 0 Å². The third-order valence-electron chi connectivity index (χ3n) is 5.48. The van der Waals surface area contributed by atoms with Crippen LogP contribution in [0.2, 0.25) is 0 Å². The van der Waals surface area contributed by atoms with Crippen LogP contribution in [0.15, 0.2) is 34.2 Å². The Balaban J connectivity index is 1.52. The molecule has 154 valence electrons. The summed E-state index contributed by atoms with van der Waals surface area (Å²) < 4.78 is 3.56. The van der Waals surface area contributed by atoms with Gasteiger partial charge in [-0.25, -0.2) is 4.98 Å². The number of thiophene rings is 1. The molecule has 3 aromatic rings. The molecule has 29 heavy (non-hydrogen) atoms. The van der Waals surface area contributed by atoms with Gasteiger partial charge in [-0.2, -0.15) is 0 Å². The second-order valence-electron chi connectivity index (χ2n) is 7.57. The van der Waals surface area contributed by atoms with Crippen molar-refractivity contribution >= 4 is 49.3 Å². The lowest BCUT2D eigenvalue weighted by Gasteiger charge is -2.22. The van der Waals surface area contributed by atoms with E-state index >= 15 is 0 Å². The molecule has 1 aliphatic rings. The van der Waals surface area contributed by atoms with E-state index in [1.54, 1.807) is 16.3 Å². The van der Waals surface area contributed by atoms with E-state index < -0.39 is 0 Å². The van der Waals surface area contributed by atoms with Crippen molar-refractivity contribution in [2.75, 3.05) is 5.75 Å². The number of carbonyl (C=O) groups is 1. The van der Waals surface area contributed by atoms with Crippen molar-refractivity contribution in [3.63, 3.8) is 0 Å². The van der Waals surface area contributed by atoms with Crippen LogP contribution < -0.4 is 10.9 Å². The molecule has 1 fully saturated rings. The van der Waals surface area contributed by atoms with Crippen molar-refractivity contribution < 1.29 is 4.79 Å². The monoisotopic (exact) mass is 429 g/mol. The minimum Gasteiger partial charge on any atom is -0.353 e. The molecule has 2 heterocycles. The highest BCUT2D eigenvalue weighted by molar-refractivity contribution is 7.99. The molecule has 1 N–H and O–H groups in total. The van der Waals surface area contributed by atoms with Crippen LogP contribution in [-0.4, -0.2) is 27.3 Å². The van der Waals surface area contributed by atoms with Gasteiger partial charge in [-0.3, -0.25) is 14.2 Å². The van der Waals surface area contributed by atoms with Gasteiger partial charge in [0, 0.05) is 29.1 Å². The molecule has 0 unspecified atom stereocenters. The smallest absolute Gasteiger partial charge is 0.272 e. The summed E-state index contributed by atoms with van der Waals surface area (Å²) >= 11 is 3.09. The molecular formula is C22H27N3O2S2. The number of thioether (sulfide) groups is 1. The third kappa shape index (κ3) is 4.51. The molecule has 1 saturated carbocycles. The van der Waals surface area contributed by atoms with E-state index in [9.17, 15) is 9.59 Å². The lowest BCUT2D eigenvalue weighted by molar-refractivity contribution is -0.122. The zero-order valence-corrected chi connectivity index (χ0v) is 18.4. The van der Waals surface area contributed by atoms with Gasteiger partial charge in [-0.05, 0) is 31.1 Å². The molecule has 1 aromatic carbocycles. The molecule has 5 nitrogen and oxygen atoms in total. The van der Waals surface area contributed by atoms with E-state index in [1.165, 1.54) is 30.6 Å². The second kappa shape index (κ2) is 9.30. The number of benzene rings is 1. The van der Waals surface area contributed by atoms with Crippen molar-refractivity contribution in [1.29, 1.82) is 0 Å². The van der Waals surface area contributed by atoms with Crippen LogP contribution in [0.25, 0.3) is 20.3 Å². The summed E-state index contributed by atoms with van der Waals surface area (Å²) in [7, 11) is 0. The summed E-state index contributed by atoms with van der Waals surface area (Å²) in [4.78, 5) is 30.4. The zero-order chi connectivity index (χ0) is 20.2. The van der Waals surface area contributed by atoms with Gasteiger partial charge in [0.15, 0.2) is 5.16 Å². The normalized spacial score (nSPS) is 15.2. The largest absolute Gasteiger partial charge is 0.353 e. The first-order valence-electron chi connectivity index (χ1n) is 10.5. The Bertz CT molecular complexity index is 1070. The number of hydrogen-bond donors (Lipinski definition) is 1. The van der Waals surface area contributed by atoms with E-state index in [-0.39, 0.29) is 11.5 Å². The zero-order valence-electron chi connectivity index (χ0n) is 16.8. The number of nitrogens with zero attached hydrogens (tertiary/aromatic N) is 2. The predicted octanol–water partition coefficient (Wildman–Crippen LogP) is 4.95. The van der Waals surface area contributed by atoms with Gasteiger partial charge in [0.25, 0.3) is 5.56 Å². The SMILES string of the molecule is CCSc1nc2c(sc3ccccc32)c(=O)n1CCCC(=O)NC1CCCCC1. The average Bonchev–Trinajstić information content (AvgIpc) is 3.10. The maximum Gasteiger partial charge on any atom is 0.272 e. The fourth-order valence-electron chi connectivity index (χ4n) is 4.03. The number of rotatable bonds is 7. The third-order valence-corrected chi connectivity index (χ3v) is 7.48. The molecule has 2 aromatic heterocycles. The van der Waals surface area contributed by atoms with E-state index in [2.05, 4.69) is 12.2 Å². The van der Waals surface area contributed by atoms with Crippen LogP contribution in [0, 0.1) is 0 Å². The van der Waals surface area contributed by atoms with E-state index in [0.717, 1.165) is 39.4 Å². The van der Waals surface area contributed by atoms with Gasteiger partial charge in [0.2, 0.25) is 5.91 Å². The Hall–Kier alpha value is -1.86. The van der Waals surface area contributed by atoms with Crippen molar-refractivity contribution in [1.82, 2.24) is 14.9 Å². The molecule has 0 saturated heterocycles. The Kier molecular flexibility index (Phi) is 6.55. The second-order valence-corrected chi connectivity index (χ2v) is 9.85. The summed E-state index contributed by atoms with van der Waals surface area (Å²) in [6, 6.07) is 8.37. The van der Waals surface area contributed by atoms with Gasteiger partial charge >= 0.3 is 0 Å². The fourth-order valence-corrected chi connectivity index (χ4v) is 5.87. The summed E-state index contributed by atoms with van der Waals surface area (Å²) in [5.74, 6) is 0.952. The number of carbonyl (C=O) groups excluding carboxylic acids is 1. The van der Waals surface area contributed by atoms with E-state index in [1.807, 2.05) is 24.3 Å². The summed E-state index contributed by atoms with van der Waals surface area (Å²) in [5, 5.41) is 4.96. The molecular weight excluding hydrogens is 402 g/mol. The lowest BCUT2D eigenvalue weighted by atomic mass is 9.95. The highest BCUT2D eigenvalue weighted by Gasteiger charge is 2.18. The molecule has 4 rings (SSSR count). The van der Waals surface area contributed by atoms with Crippen LogP contribution in [0.4, 0.5) is 0 Å². The number of fused-ring (bicyclic) bond motifs is 3. The minimum absolute atomic E-state index is 0.0137. The minimum atomic E-state index is 0.0137. The Morgan fingerprint density at radius 2 is 2.07 bits per heavy atom. The summed E-state index contributed by atoms with van der Waals surface area (Å²) in [6.07, 6.45) is 6.97. The molecule has 1 amide bonds. The first kappa shape index (κ1) is 20.4. The number of amides is 1. The fraction of sp³-hybridized carbons (Fsp3) is 0.500. The molecule has 0 radical (unpaired) electrons. The topological polar surface area (TPSA) is 64.0 Å². The van der Waals surface area contributed by atoms with Crippen LogP contribution >= 0.6 is 23.1 Å². The number of aromatic nitrogens is 2. The first-order valence-corrected chi connectivity index (χ1v) is 12.3. The highest BCUT2D eigenvalue weighted by atomic mass is 32.2. The van der Waals surface area contributed by atoms with Gasteiger partial charge < -0.3 is 5.32 Å². The van der Waals surface area contributed by atoms with Gasteiger partial charge in [0.1, 0.15) is 4.70 Å². The van der Waals surface area contributed by atoms with Crippen molar-refractivity contribution in [3.05, 3.63) is 34.6 Å². The summed E-state index contributed by atoms with van der Waals surface area (Å²) in [6.45, 7) is 2.59. The Morgan fingerprint density at radius 1 is 1.28 bits per heavy atom. The number of nitrogens with one attached hydrogen (secondary N) is 1. The maximum absolute atomic E-state index is 13.2. The van der Waals surface area contributed by atoms with Gasteiger partial charge in [-0.15, -0.1) is 11.3 Å². The highest BCUT2D eigenvalue weighted by Crippen LogP contribution is 2.31. The van der Waals surface area contributed by atoms with Crippen molar-refractivity contribution in [2.45, 2.75) is 69.6 Å². The van der Waals surface area contributed by atoms with E-state index in [4.69, 9.17) is 4.98 Å². The van der Waals surface area contributed by atoms with Crippen molar-refractivity contribution in [3.8, 4) is 0 Å². The van der Waals surface area contributed by atoms with E-state index in [0.29, 0.717) is 30.1 Å². The molecule has 7 heteroatoms. The molecule has 0 atom stereocenters. The maximum atomic E-state index is 13.2.